The standard InChI is InChI=1S/C19H16ClN5/c1-12-9-18(25-24-12)22-17-10-13-5-2-3-8-16(13)19(23-17)21-15-7-4-6-14(20)11-15/h2-11H,1H3,(H3,21,22,23,24,25). The van der Waals surface area contributed by atoms with Gasteiger partial charge in [-0.1, -0.05) is 41.9 Å². The molecule has 0 fully saturated rings. The van der Waals surface area contributed by atoms with E-state index < -0.39 is 0 Å². The molecule has 2 heterocycles. The van der Waals surface area contributed by atoms with Gasteiger partial charge in [-0.2, -0.15) is 5.10 Å². The Morgan fingerprint density at radius 3 is 2.60 bits per heavy atom. The van der Waals surface area contributed by atoms with E-state index in [1.165, 1.54) is 0 Å². The highest BCUT2D eigenvalue weighted by molar-refractivity contribution is 6.30. The molecule has 0 unspecified atom stereocenters. The van der Waals surface area contributed by atoms with Gasteiger partial charge in [0.15, 0.2) is 5.82 Å². The first-order chi connectivity index (χ1) is 12.2. The maximum absolute atomic E-state index is 6.09. The van der Waals surface area contributed by atoms with Gasteiger partial charge in [0.2, 0.25) is 0 Å². The number of rotatable bonds is 4. The number of hydrogen-bond acceptors (Lipinski definition) is 4. The Morgan fingerprint density at radius 1 is 0.920 bits per heavy atom. The zero-order valence-electron chi connectivity index (χ0n) is 13.5. The van der Waals surface area contributed by atoms with Gasteiger partial charge in [-0.25, -0.2) is 4.98 Å². The minimum Gasteiger partial charge on any atom is -0.340 e. The van der Waals surface area contributed by atoms with Crippen LogP contribution in [-0.2, 0) is 0 Å². The van der Waals surface area contributed by atoms with E-state index in [9.17, 15) is 0 Å². The van der Waals surface area contributed by atoms with Gasteiger partial charge < -0.3 is 10.6 Å². The van der Waals surface area contributed by atoms with Gasteiger partial charge in [0.1, 0.15) is 11.6 Å². The number of benzene rings is 2. The molecule has 0 aliphatic carbocycles. The van der Waals surface area contributed by atoms with E-state index >= 15 is 0 Å². The quantitative estimate of drug-likeness (QED) is 0.461. The Kier molecular flexibility index (Phi) is 3.99. The van der Waals surface area contributed by atoms with Crippen LogP contribution in [0.2, 0.25) is 5.02 Å². The molecule has 4 rings (SSSR count). The van der Waals surface area contributed by atoms with E-state index in [2.05, 4.69) is 26.9 Å². The van der Waals surface area contributed by atoms with E-state index in [4.69, 9.17) is 16.6 Å². The van der Waals surface area contributed by atoms with Gasteiger partial charge >= 0.3 is 0 Å². The molecule has 6 heteroatoms. The molecule has 0 saturated heterocycles. The van der Waals surface area contributed by atoms with Gasteiger partial charge in [0, 0.05) is 27.9 Å². The fourth-order valence-electron chi connectivity index (χ4n) is 2.67. The molecule has 0 radical (unpaired) electrons. The predicted octanol–water partition coefficient (Wildman–Crippen LogP) is 5.41. The van der Waals surface area contributed by atoms with Crippen LogP contribution in [0.3, 0.4) is 0 Å². The topological polar surface area (TPSA) is 65.6 Å². The van der Waals surface area contributed by atoms with E-state index in [0.717, 1.165) is 39.6 Å². The lowest BCUT2D eigenvalue weighted by molar-refractivity contribution is 1.05. The largest absolute Gasteiger partial charge is 0.340 e. The summed E-state index contributed by atoms with van der Waals surface area (Å²) in [6.45, 7) is 1.96. The Hall–Kier alpha value is -3.05. The predicted molar refractivity (Wildman–Crippen MR) is 103 cm³/mol. The van der Waals surface area contributed by atoms with Crippen LogP contribution in [0.25, 0.3) is 10.8 Å². The zero-order chi connectivity index (χ0) is 17.2. The Balaban J connectivity index is 1.75. The maximum Gasteiger partial charge on any atom is 0.153 e. The molecule has 5 nitrogen and oxygen atoms in total. The van der Waals surface area contributed by atoms with Crippen molar-refractivity contribution in [2.24, 2.45) is 0 Å². The lowest BCUT2D eigenvalue weighted by Gasteiger charge is -2.12. The van der Waals surface area contributed by atoms with Crippen LogP contribution in [0.5, 0.6) is 0 Å². The van der Waals surface area contributed by atoms with Crippen molar-refractivity contribution in [3.05, 3.63) is 71.4 Å². The fourth-order valence-corrected chi connectivity index (χ4v) is 2.86. The molecular weight excluding hydrogens is 334 g/mol. The first kappa shape index (κ1) is 15.5. The molecule has 3 N–H and O–H groups in total. The second kappa shape index (κ2) is 6.45. The maximum atomic E-state index is 6.09. The van der Waals surface area contributed by atoms with Crippen LogP contribution in [0, 0.1) is 6.92 Å². The average Bonchev–Trinajstić information content (AvgIpc) is 3.00. The summed E-state index contributed by atoms with van der Waals surface area (Å²) in [5.41, 5.74) is 1.87. The van der Waals surface area contributed by atoms with Crippen molar-refractivity contribution in [3.63, 3.8) is 0 Å². The highest BCUT2D eigenvalue weighted by Gasteiger charge is 2.08. The van der Waals surface area contributed by atoms with Crippen molar-refractivity contribution >= 4 is 45.5 Å². The molecule has 0 bridgehead atoms. The van der Waals surface area contributed by atoms with Crippen molar-refractivity contribution in [1.82, 2.24) is 15.2 Å². The van der Waals surface area contributed by atoms with Gasteiger partial charge in [0.05, 0.1) is 0 Å². The number of H-pyrrole nitrogens is 1. The first-order valence-electron chi connectivity index (χ1n) is 7.89. The molecule has 25 heavy (non-hydrogen) atoms. The van der Waals surface area contributed by atoms with Crippen molar-refractivity contribution in [2.45, 2.75) is 6.92 Å². The highest BCUT2D eigenvalue weighted by atomic mass is 35.5. The molecule has 0 amide bonds. The molecule has 0 aliphatic heterocycles. The van der Waals surface area contributed by atoms with Gasteiger partial charge in [-0.3, -0.25) is 5.10 Å². The van der Waals surface area contributed by atoms with Crippen LogP contribution in [0.15, 0.2) is 60.7 Å². The second-order valence-corrected chi connectivity index (χ2v) is 6.21. The summed E-state index contributed by atoms with van der Waals surface area (Å²) in [4.78, 5) is 4.71. The summed E-state index contributed by atoms with van der Waals surface area (Å²) >= 11 is 6.09. The molecular formula is C19H16ClN5. The number of halogens is 1. The minimum atomic E-state index is 0.676. The summed E-state index contributed by atoms with van der Waals surface area (Å²) in [6, 6.07) is 19.6. The van der Waals surface area contributed by atoms with Crippen LogP contribution < -0.4 is 10.6 Å². The monoisotopic (exact) mass is 349 g/mol. The van der Waals surface area contributed by atoms with E-state index in [1.807, 2.05) is 61.5 Å². The highest BCUT2D eigenvalue weighted by Crippen LogP contribution is 2.29. The molecule has 0 saturated carbocycles. The molecule has 4 aromatic rings. The molecule has 0 aliphatic rings. The van der Waals surface area contributed by atoms with Crippen LogP contribution in [-0.4, -0.2) is 15.2 Å². The van der Waals surface area contributed by atoms with Crippen LogP contribution in [0.4, 0.5) is 23.1 Å². The van der Waals surface area contributed by atoms with Crippen LogP contribution in [0.1, 0.15) is 5.69 Å². The molecule has 0 atom stereocenters. The summed E-state index contributed by atoms with van der Waals surface area (Å²) in [5, 5.41) is 16.5. The number of aromatic amines is 1. The number of pyridine rings is 1. The molecule has 124 valence electrons. The van der Waals surface area contributed by atoms with Crippen molar-refractivity contribution < 1.29 is 0 Å². The fraction of sp³-hybridized carbons (Fsp3) is 0.0526. The van der Waals surface area contributed by atoms with Crippen molar-refractivity contribution in [2.75, 3.05) is 10.6 Å². The van der Waals surface area contributed by atoms with E-state index in [0.29, 0.717) is 5.02 Å². The zero-order valence-corrected chi connectivity index (χ0v) is 14.3. The molecule has 2 aromatic heterocycles. The summed E-state index contributed by atoms with van der Waals surface area (Å²) in [5.74, 6) is 2.21. The van der Waals surface area contributed by atoms with Crippen LogP contribution >= 0.6 is 11.6 Å². The van der Waals surface area contributed by atoms with Gasteiger partial charge in [-0.05, 0) is 36.6 Å². The third-order valence-electron chi connectivity index (χ3n) is 3.79. The van der Waals surface area contributed by atoms with Gasteiger partial charge in [-0.15, -0.1) is 0 Å². The Bertz CT molecular complexity index is 1040. The van der Waals surface area contributed by atoms with Crippen molar-refractivity contribution in [3.8, 4) is 0 Å². The number of fused-ring (bicyclic) bond motifs is 1. The van der Waals surface area contributed by atoms with Gasteiger partial charge in [0.25, 0.3) is 0 Å². The number of nitrogens with zero attached hydrogens (tertiary/aromatic N) is 2. The lowest BCUT2D eigenvalue weighted by Crippen LogP contribution is -2.00. The number of nitrogens with one attached hydrogen (secondary N) is 3. The van der Waals surface area contributed by atoms with E-state index in [-0.39, 0.29) is 0 Å². The van der Waals surface area contributed by atoms with E-state index in [1.54, 1.807) is 0 Å². The van der Waals surface area contributed by atoms with Crippen molar-refractivity contribution in [1.29, 1.82) is 0 Å². The summed E-state index contributed by atoms with van der Waals surface area (Å²) < 4.78 is 0. The number of aromatic nitrogens is 3. The Labute approximate surface area is 150 Å². The third kappa shape index (κ3) is 3.41. The summed E-state index contributed by atoms with van der Waals surface area (Å²) in [6.07, 6.45) is 0. The number of anilines is 4. The Morgan fingerprint density at radius 2 is 1.80 bits per heavy atom. The molecule has 2 aromatic carbocycles. The average molecular weight is 350 g/mol. The third-order valence-corrected chi connectivity index (χ3v) is 4.02. The lowest BCUT2D eigenvalue weighted by atomic mass is 10.1. The minimum absolute atomic E-state index is 0.676. The first-order valence-corrected chi connectivity index (χ1v) is 8.26. The summed E-state index contributed by atoms with van der Waals surface area (Å²) in [7, 11) is 0. The number of hydrogen-bond donors (Lipinski definition) is 3. The second-order valence-electron chi connectivity index (χ2n) is 5.77. The number of aryl methyl sites for hydroxylation is 1. The smallest absolute Gasteiger partial charge is 0.153 e. The molecule has 0 spiro atoms. The normalized spacial score (nSPS) is 10.8. The SMILES string of the molecule is Cc1cc(Nc2cc3ccccc3c(Nc3cccc(Cl)c3)n2)n[nH]1.